The molecule has 0 aromatic rings. The summed E-state index contributed by atoms with van der Waals surface area (Å²) in [6.45, 7) is 3.19. The molecule has 0 aliphatic carbocycles. The van der Waals surface area contributed by atoms with Crippen LogP contribution in [0.1, 0.15) is 19.8 Å². The molecular weight excluding hydrogens is 156 g/mol. The quantitative estimate of drug-likeness (QED) is 0.354. The monoisotopic (exact) mass is 170 g/mol. The van der Waals surface area contributed by atoms with Crippen molar-refractivity contribution in [2.45, 2.75) is 25.9 Å². The lowest BCUT2D eigenvalue weighted by Crippen LogP contribution is -2.06. The van der Waals surface area contributed by atoms with Gasteiger partial charge in [-0.15, -0.1) is 0 Å². The number of hydrogen-bond acceptors (Lipinski definition) is 3. The van der Waals surface area contributed by atoms with Crippen LogP contribution < -0.4 is 0 Å². The SMILES string of the molecule is CCC/C=C/C(=O)OCC1CO1. The van der Waals surface area contributed by atoms with Crippen molar-refractivity contribution in [1.29, 1.82) is 0 Å². The fraction of sp³-hybridized carbons (Fsp3) is 0.667. The largest absolute Gasteiger partial charge is 0.460 e. The molecule has 68 valence electrons. The predicted octanol–water partition coefficient (Wildman–Crippen LogP) is 1.28. The molecule has 1 aliphatic rings. The van der Waals surface area contributed by atoms with E-state index in [1.165, 1.54) is 6.08 Å². The topological polar surface area (TPSA) is 38.8 Å². The van der Waals surface area contributed by atoms with Gasteiger partial charge in [-0.3, -0.25) is 0 Å². The number of carbonyl (C=O) groups is 1. The Morgan fingerprint density at radius 2 is 2.50 bits per heavy atom. The molecule has 1 saturated heterocycles. The normalized spacial score (nSPS) is 21.2. The zero-order chi connectivity index (χ0) is 8.81. The van der Waals surface area contributed by atoms with Gasteiger partial charge in [0.1, 0.15) is 12.7 Å². The average molecular weight is 170 g/mol. The summed E-state index contributed by atoms with van der Waals surface area (Å²) in [5, 5.41) is 0. The molecule has 3 heteroatoms. The Labute approximate surface area is 72.4 Å². The molecule has 0 aromatic heterocycles. The van der Waals surface area contributed by atoms with Crippen LogP contribution in [0.2, 0.25) is 0 Å². The van der Waals surface area contributed by atoms with Crippen LogP contribution in [0.15, 0.2) is 12.2 Å². The van der Waals surface area contributed by atoms with Gasteiger partial charge >= 0.3 is 5.97 Å². The van der Waals surface area contributed by atoms with Crippen LogP contribution in [0, 0.1) is 0 Å². The van der Waals surface area contributed by atoms with Crippen LogP contribution in [0.5, 0.6) is 0 Å². The van der Waals surface area contributed by atoms with E-state index < -0.39 is 0 Å². The maximum absolute atomic E-state index is 10.9. The number of esters is 1. The van der Waals surface area contributed by atoms with Crippen LogP contribution in [0.25, 0.3) is 0 Å². The van der Waals surface area contributed by atoms with E-state index >= 15 is 0 Å². The van der Waals surface area contributed by atoms with Crippen molar-refractivity contribution in [2.75, 3.05) is 13.2 Å². The van der Waals surface area contributed by atoms with Crippen molar-refractivity contribution in [2.24, 2.45) is 0 Å². The molecule has 0 aromatic carbocycles. The van der Waals surface area contributed by atoms with E-state index in [0.29, 0.717) is 6.61 Å². The summed E-state index contributed by atoms with van der Waals surface area (Å²) in [5.74, 6) is -0.265. The number of epoxide rings is 1. The lowest BCUT2D eigenvalue weighted by atomic mass is 10.3. The zero-order valence-corrected chi connectivity index (χ0v) is 7.29. The number of unbranched alkanes of at least 4 members (excludes halogenated alkanes) is 1. The van der Waals surface area contributed by atoms with Crippen molar-refractivity contribution < 1.29 is 14.3 Å². The first-order valence-electron chi connectivity index (χ1n) is 4.28. The van der Waals surface area contributed by atoms with E-state index in [1.54, 1.807) is 0 Å². The Bertz CT molecular complexity index is 171. The van der Waals surface area contributed by atoms with Crippen molar-refractivity contribution in [3.8, 4) is 0 Å². The van der Waals surface area contributed by atoms with E-state index in [9.17, 15) is 4.79 Å². The second-order valence-electron chi connectivity index (χ2n) is 2.78. The van der Waals surface area contributed by atoms with Gasteiger partial charge in [0.05, 0.1) is 6.61 Å². The van der Waals surface area contributed by atoms with Crippen molar-refractivity contribution in [3.63, 3.8) is 0 Å². The molecule has 3 nitrogen and oxygen atoms in total. The Kier molecular flexibility index (Phi) is 3.80. The van der Waals surface area contributed by atoms with Gasteiger partial charge in [0.25, 0.3) is 0 Å². The fourth-order valence-electron chi connectivity index (χ4n) is 0.734. The smallest absolute Gasteiger partial charge is 0.330 e. The summed E-state index contributed by atoms with van der Waals surface area (Å²) in [6.07, 6.45) is 5.44. The Morgan fingerprint density at radius 1 is 1.75 bits per heavy atom. The Morgan fingerprint density at radius 3 is 3.08 bits per heavy atom. The van der Waals surface area contributed by atoms with Gasteiger partial charge in [0, 0.05) is 6.08 Å². The highest BCUT2D eigenvalue weighted by molar-refractivity contribution is 5.81. The lowest BCUT2D eigenvalue weighted by molar-refractivity contribution is -0.138. The number of hydrogen-bond donors (Lipinski definition) is 0. The van der Waals surface area contributed by atoms with Crippen LogP contribution in [0.4, 0.5) is 0 Å². The summed E-state index contributed by atoms with van der Waals surface area (Å²) in [5.41, 5.74) is 0. The van der Waals surface area contributed by atoms with E-state index in [-0.39, 0.29) is 12.1 Å². The molecule has 1 atom stereocenters. The van der Waals surface area contributed by atoms with Gasteiger partial charge in [-0.05, 0) is 6.42 Å². The third-order valence-corrected chi connectivity index (χ3v) is 1.52. The lowest BCUT2D eigenvalue weighted by Gasteiger charge is -1.96. The first kappa shape index (κ1) is 9.26. The number of rotatable bonds is 5. The molecule has 0 bridgehead atoms. The highest BCUT2D eigenvalue weighted by Gasteiger charge is 2.23. The second-order valence-corrected chi connectivity index (χ2v) is 2.78. The maximum atomic E-state index is 10.9. The zero-order valence-electron chi connectivity index (χ0n) is 7.29. The van der Waals surface area contributed by atoms with Crippen LogP contribution in [-0.2, 0) is 14.3 Å². The summed E-state index contributed by atoms with van der Waals surface area (Å²) < 4.78 is 9.74. The Hall–Kier alpha value is -0.830. The van der Waals surface area contributed by atoms with Crippen molar-refractivity contribution in [3.05, 3.63) is 12.2 Å². The summed E-state index contributed by atoms with van der Waals surface area (Å²) >= 11 is 0. The minimum atomic E-state index is -0.265. The molecule has 1 fully saturated rings. The van der Waals surface area contributed by atoms with E-state index in [2.05, 4.69) is 6.92 Å². The Balaban J connectivity index is 2.01. The van der Waals surface area contributed by atoms with E-state index in [0.717, 1.165) is 19.4 Å². The average Bonchev–Trinajstić information content (AvgIpc) is 2.84. The van der Waals surface area contributed by atoms with Gasteiger partial charge < -0.3 is 9.47 Å². The standard InChI is InChI=1S/C9H14O3/c1-2-3-4-5-9(10)12-7-8-6-11-8/h4-5,8H,2-3,6-7H2,1H3/b5-4+. The number of ether oxygens (including phenoxy) is 2. The molecule has 0 radical (unpaired) electrons. The third-order valence-electron chi connectivity index (χ3n) is 1.52. The molecule has 0 spiro atoms. The van der Waals surface area contributed by atoms with E-state index in [4.69, 9.17) is 9.47 Å². The highest BCUT2D eigenvalue weighted by Crippen LogP contribution is 2.08. The first-order valence-corrected chi connectivity index (χ1v) is 4.28. The van der Waals surface area contributed by atoms with E-state index in [1.807, 2.05) is 6.08 Å². The fourth-order valence-corrected chi connectivity index (χ4v) is 0.734. The number of allylic oxidation sites excluding steroid dienone is 1. The van der Waals surface area contributed by atoms with Gasteiger partial charge in [-0.2, -0.15) is 0 Å². The summed E-state index contributed by atoms with van der Waals surface area (Å²) in [7, 11) is 0. The highest BCUT2D eigenvalue weighted by atomic mass is 16.6. The van der Waals surface area contributed by atoms with Gasteiger partial charge in [-0.1, -0.05) is 19.4 Å². The van der Waals surface area contributed by atoms with Gasteiger partial charge in [0.15, 0.2) is 0 Å². The molecule has 1 heterocycles. The molecule has 1 rings (SSSR count). The van der Waals surface area contributed by atoms with Crippen molar-refractivity contribution >= 4 is 5.97 Å². The molecule has 1 aliphatic heterocycles. The minimum Gasteiger partial charge on any atom is -0.460 e. The van der Waals surface area contributed by atoms with Crippen LogP contribution in [-0.4, -0.2) is 25.3 Å². The number of carbonyl (C=O) groups excluding carboxylic acids is 1. The maximum Gasteiger partial charge on any atom is 0.330 e. The van der Waals surface area contributed by atoms with Crippen LogP contribution >= 0.6 is 0 Å². The van der Waals surface area contributed by atoms with Gasteiger partial charge in [0.2, 0.25) is 0 Å². The first-order chi connectivity index (χ1) is 5.83. The molecule has 0 amide bonds. The molecule has 12 heavy (non-hydrogen) atoms. The molecule has 0 saturated carbocycles. The third kappa shape index (κ3) is 4.13. The molecule has 0 N–H and O–H groups in total. The predicted molar refractivity (Wildman–Crippen MR) is 44.7 cm³/mol. The van der Waals surface area contributed by atoms with Crippen molar-refractivity contribution in [1.82, 2.24) is 0 Å². The summed E-state index contributed by atoms with van der Waals surface area (Å²) in [4.78, 5) is 10.9. The van der Waals surface area contributed by atoms with Gasteiger partial charge in [-0.25, -0.2) is 4.79 Å². The summed E-state index contributed by atoms with van der Waals surface area (Å²) in [6, 6.07) is 0. The minimum absolute atomic E-state index is 0.161. The molecule has 1 unspecified atom stereocenters. The molecular formula is C9H14O3. The van der Waals surface area contributed by atoms with Crippen LogP contribution in [0.3, 0.4) is 0 Å². The second kappa shape index (κ2) is 4.93.